The first-order chi connectivity index (χ1) is 11.7. The molecule has 4 rings (SSSR count). The Balaban J connectivity index is 1.41. The zero-order valence-electron chi connectivity index (χ0n) is 14.2. The number of hydrogen-bond donors (Lipinski definition) is 1. The van der Waals surface area contributed by atoms with E-state index in [1.165, 1.54) is 5.56 Å². The van der Waals surface area contributed by atoms with Crippen molar-refractivity contribution in [2.45, 2.75) is 32.1 Å². The summed E-state index contributed by atoms with van der Waals surface area (Å²) >= 11 is 0. The number of aromatic amines is 1. The van der Waals surface area contributed by atoms with Gasteiger partial charge in [0.25, 0.3) is 0 Å². The minimum atomic E-state index is 0.221. The van der Waals surface area contributed by atoms with E-state index in [1.54, 1.807) is 0 Å². The van der Waals surface area contributed by atoms with Crippen molar-refractivity contribution < 1.29 is 4.79 Å². The maximum absolute atomic E-state index is 12.8. The van der Waals surface area contributed by atoms with Gasteiger partial charge in [0.2, 0.25) is 5.91 Å². The Morgan fingerprint density at radius 3 is 3.04 bits per heavy atom. The van der Waals surface area contributed by atoms with Crippen LogP contribution in [0.1, 0.15) is 35.7 Å². The van der Waals surface area contributed by atoms with E-state index in [1.807, 2.05) is 24.0 Å². The molecule has 1 aromatic heterocycles. The van der Waals surface area contributed by atoms with Crippen LogP contribution in [-0.4, -0.2) is 47.2 Å². The molecule has 1 amide bonds. The fraction of sp³-hybridized carbons (Fsp3) is 0.474. The summed E-state index contributed by atoms with van der Waals surface area (Å²) in [6, 6.07) is 10.4. The molecule has 1 aromatic carbocycles. The quantitative estimate of drug-likeness (QED) is 0.944. The number of nitrogens with one attached hydrogen (secondary N) is 1. The Labute approximate surface area is 142 Å². The number of piperidine rings is 1. The second kappa shape index (κ2) is 6.40. The normalized spacial score (nSPS) is 21.0. The van der Waals surface area contributed by atoms with Gasteiger partial charge >= 0.3 is 0 Å². The number of hydrogen-bond acceptors (Lipinski definition) is 3. The topological polar surface area (TPSA) is 52.2 Å². The molecule has 0 bridgehead atoms. The van der Waals surface area contributed by atoms with Crippen LogP contribution in [0.3, 0.4) is 0 Å². The fourth-order valence-corrected chi connectivity index (χ4v) is 3.96. The monoisotopic (exact) mass is 324 g/mol. The summed E-state index contributed by atoms with van der Waals surface area (Å²) in [5.74, 6) is 0.654. The summed E-state index contributed by atoms with van der Waals surface area (Å²) in [5.41, 5.74) is 4.62. The van der Waals surface area contributed by atoms with Crippen LogP contribution < -0.4 is 4.90 Å². The number of anilines is 1. The van der Waals surface area contributed by atoms with E-state index < -0.39 is 0 Å². The van der Waals surface area contributed by atoms with Crippen LogP contribution in [0.5, 0.6) is 0 Å². The number of fused-ring (bicyclic) bond motifs is 1. The van der Waals surface area contributed by atoms with Crippen LogP contribution in [0.2, 0.25) is 0 Å². The van der Waals surface area contributed by atoms with Crippen molar-refractivity contribution in [3.8, 4) is 0 Å². The molecule has 2 aliphatic heterocycles. The van der Waals surface area contributed by atoms with Crippen molar-refractivity contribution in [3.05, 3.63) is 47.3 Å². The highest BCUT2D eigenvalue weighted by molar-refractivity contribution is 5.96. The molecule has 0 aliphatic carbocycles. The van der Waals surface area contributed by atoms with Crippen molar-refractivity contribution in [1.82, 2.24) is 15.1 Å². The lowest BCUT2D eigenvalue weighted by Crippen LogP contribution is -2.43. The maximum Gasteiger partial charge on any atom is 0.241 e. The molecule has 5 nitrogen and oxygen atoms in total. The third-order valence-electron chi connectivity index (χ3n) is 5.20. The summed E-state index contributed by atoms with van der Waals surface area (Å²) < 4.78 is 0. The predicted octanol–water partition coefficient (Wildman–Crippen LogP) is 2.49. The third-order valence-corrected chi connectivity index (χ3v) is 5.20. The van der Waals surface area contributed by atoms with E-state index >= 15 is 0 Å². The minimum absolute atomic E-state index is 0.221. The smallest absolute Gasteiger partial charge is 0.241 e. The van der Waals surface area contributed by atoms with E-state index in [0.717, 1.165) is 56.0 Å². The van der Waals surface area contributed by atoms with Crippen LogP contribution in [0.15, 0.2) is 30.3 Å². The van der Waals surface area contributed by atoms with Crippen LogP contribution >= 0.6 is 0 Å². The number of benzene rings is 1. The summed E-state index contributed by atoms with van der Waals surface area (Å²) in [7, 11) is 0. The summed E-state index contributed by atoms with van der Waals surface area (Å²) in [6.07, 6.45) is 3.25. The predicted molar refractivity (Wildman–Crippen MR) is 94.2 cm³/mol. The molecular formula is C19H24N4O. The molecule has 3 heterocycles. The average molecular weight is 324 g/mol. The number of amides is 1. The van der Waals surface area contributed by atoms with E-state index in [9.17, 15) is 4.79 Å². The van der Waals surface area contributed by atoms with Gasteiger partial charge < -0.3 is 4.90 Å². The molecule has 1 N–H and O–H groups in total. The van der Waals surface area contributed by atoms with Crippen molar-refractivity contribution >= 4 is 11.6 Å². The lowest BCUT2D eigenvalue weighted by atomic mass is 9.94. The summed E-state index contributed by atoms with van der Waals surface area (Å²) in [5, 5.41) is 7.45. The Hall–Kier alpha value is -2.14. The third kappa shape index (κ3) is 2.96. The first-order valence-electron chi connectivity index (χ1n) is 8.83. The SMILES string of the molecule is Cc1cc([C@H]2CCCN(CC(=O)N3CCc4ccccc43)C2)n[nH]1. The Kier molecular flexibility index (Phi) is 4.10. The number of para-hydroxylation sites is 1. The van der Waals surface area contributed by atoms with Crippen LogP contribution in [-0.2, 0) is 11.2 Å². The highest BCUT2D eigenvalue weighted by Gasteiger charge is 2.28. The number of rotatable bonds is 3. The number of carbonyl (C=O) groups is 1. The number of aryl methyl sites for hydroxylation is 1. The van der Waals surface area contributed by atoms with E-state index in [0.29, 0.717) is 12.5 Å². The second-order valence-electron chi connectivity index (χ2n) is 6.97. The van der Waals surface area contributed by atoms with Gasteiger partial charge in [-0.05, 0) is 50.4 Å². The van der Waals surface area contributed by atoms with E-state index in [4.69, 9.17) is 0 Å². The van der Waals surface area contributed by atoms with Crippen molar-refractivity contribution in [2.24, 2.45) is 0 Å². The van der Waals surface area contributed by atoms with E-state index in [-0.39, 0.29) is 5.91 Å². The molecule has 24 heavy (non-hydrogen) atoms. The molecule has 0 saturated carbocycles. The molecule has 2 aromatic rings. The summed E-state index contributed by atoms with van der Waals surface area (Å²) in [6.45, 7) is 5.28. The molecule has 5 heteroatoms. The molecule has 0 spiro atoms. The molecule has 0 unspecified atom stereocenters. The zero-order chi connectivity index (χ0) is 16.5. The number of nitrogens with zero attached hydrogens (tertiary/aromatic N) is 3. The highest BCUT2D eigenvalue weighted by atomic mass is 16.2. The second-order valence-corrected chi connectivity index (χ2v) is 6.97. The van der Waals surface area contributed by atoms with Gasteiger partial charge in [0.05, 0.1) is 12.2 Å². The largest absolute Gasteiger partial charge is 0.311 e. The van der Waals surface area contributed by atoms with Gasteiger partial charge in [-0.25, -0.2) is 0 Å². The molecule has 0 radical (unpaired) electrons. The molecule has 126 valence electrons. The summed E-state index contributed by atoms with van der Waals surface area (Å²) in [4.78, 5) is 17.0. The highest BCUT2D eigenvalue weighted by Crippen LogP contribution is 2.29. The fourth-order valence-electron chi connectivity index (χ4n) is 3.96. The molecule has 1 saturated heterocycles. The lowest BCUT2D eigenvalue weighted by Gasteiger charge is -2.32. The van der Waals surface area contributed by atoms with Gasteiger partial charge in [-0.15, -0.1) is 0 Å². The molecular weight excluding hydrogens is 300 g/mol. The van der Waals surface area contributed by atoms with Gasteiger partial charge in [0.15, 0.2) is 0 Å². The molecule has 1 fully saturated rings. The van der Waals surface area contributed by atoms with Gasteiger partial charge in [-0.2, -0.15) is 5.10 Å². The van der Waals surface area contributed by atoms with Gasteiger partial charge in [-0.3, -0.25) is 14.8 Å². The van der Waals surface area contributed by atoms with Gasteiger partial charge in [0.1, 0.15) is 0 Å². The van der Waals surface area contributed by atoms with Gasteiger partial charge in [0, 0.05) is 30.4 Å². The molecule has 2 aliphatic rings. The lowest BCUT2D eigenvalue weighted by molar-refractivity contribution is -0.119. The number of carbonyl (C=O) groups excluding carboxylic acids is 1. The molecule has 1 atom stereocenters. The van der Waals surface area contributed by atoms with Crippen LogP contribution in [0.25, 0.3) is 0 Å². The standard InChI is InChI=1S/C19H24N4O/c1-14-11-17(21-20-14)16-6-4-9-22(12-16)13-19(24)23-10-8-15-5-2-3-7-18(15)23/h2-3,5,7,11,16H,4,6,8-10,12-13H2,1H3,(H,20,21)/t16-/m0/s1. The number of H-pyrrole nitrogens is 1. The zero-order valence-corrected chi connectivity index (χ0v) is 14.2. The van der Waals surface area contributed by atoms with Gasteiger partial charge in [-0.1, -0.05) is 18.2 Å². The Morgan fingerprint density at radius 1 is 1.33 bits per heavy atom. The van der Waals surface area contributed by atoms with Crippen LogP contribution in [0.4, 0.5) is 5.69 Å². The first-order valence-corrected chi connectivity index (χ1v) is 8.83. The van der Waals surface area contributed by atoms with Crippen molar-refractivity contribution in [1.29, 1.82) is 0 Å². The van der Waals surface area contributed by atoms with Crippen LogP contribution in [0, 0.1) is 6.92 Å². The van der Waals surface area contributed by atoms with E-state index in [2.05, 4.69) is 33.3 Å². The van der Waals surface area contributed by atoms with Crippen molar-refractivity contribution in [2.75, 3.05) is 31.1 Å². The minimum Gasteiger partial charge on any atom is -0.311 e. The number of likely N-dealkylation sites (tertiary alicyclic amines) is 1. The average Bonchev–Trinajstić information content (AvgIpc) is 3.21. The number of aromatic nitrogens is 2. The van der Waals surface area contributed by atoms with Crippen molar-refractivity contribution in [3.63, 3.8) is 0 Å². The maximum atomic E-state index is 12.8. The Bertz CT molecular complexity index is 738. The Morgan fingerprint density at radius 2 is 2.21 bits per heavy atom. The first kappa shape index (κ1) is 15.4.